The zero-order valence-electron chi connectivity index (χ0n) is 14.3. The van der Waals surface area contributed by atoms with Crippen LogP contribution in [0.5, 0.6) is 0 Å². The molecule has 0 amide bonds. The summed E-state index contributed by atoms with van der Waals surface area (Å²) in [5.74, 6) is 0. The molecule has 0 radical (unpaired) electrons. The van der Waals surface area contributed by atoms with Gasteiger partial charge in [0.15, 0.2) is 0 Å². The number of aromatic nitrogens is 3. The summed E-state index contributed by atoms with van der Waals surface area (Å²) >= 11 is 0. The third-order valence-electron chi connectivity index (χ3n) is 4.57. The number of aromatic amines is 1. The van der Waals surface area contributed by atoms with E-state index in [4.69, 9.17) is 0 Å². The highest BCUT2D eigenvalue weighted by atomic mass is 15.1. The van der Waals surface area contributed by atoms with E-state index in [2.05, 4.69) is 32.6 Å². The summed E-state index contributed by atoms with van der Waals surface area (Å²) in [6.07, 6.45) is 3.53. The van der Waals surface area contributed by atoms with Gasteiger partial charge in [0.25, 0.3) is 0 Å². The van der Waals surface area contributed by atoms with Gasteiger partial charge in [-0.15, -0.1) is 0 Å². The van der Waals surface area contributed by atoms with Crippen molar-refractivity contribution in [2.24, 2.45) is 0 Å². The largest absolute Gasteiger partial charge is 0.381 e. The third kappa shape index (κ3) is 2.89. The number of H-pyrrole nitrogens is 1. The number of rotatable bonds is 4. The monoisotopic (exact) mass is 339 g/mol. The lowest BCUT2D eigenvalue weighted by Crippen LogP contribution is -2.02. The quantitative estimate of drug-likeness (QED) is 0.577. The number of nitriles is 1. The van der Waals surface area contributed by atoms with E-state index in [1.807, 2.05) is 49.4 Å². The predicted octanol–water partition coefficient (Wildman–Crippen LogP) is 4.42. The van der Waals surface area contributed by atoms with Crippen molar-refractivity contribution in [1.29, 1.82) is 5.26 Å². The number of benzene rings is 2. The summed E-state index contributed by atoms with van der Waals surface area (Å²) in [6.45, 7) is 2.64. The van der Waals surface area contributed by atoms with Crippen LogP contribution in [0.4, 0.5) is 5.69 Å². The Labute approximate surface area is 151 Å². The first kappa shape index (κ1) is 15.9. The molecule has 26 heavy (non-hydrogen) atoms. The van der Waals surface area contributed by atoms with E-state index >= 15 is 0 Å². The number of hydrogen-bond acceptors (Lipinski definition) is 4. The fourth-order valence-corrected chi connectivity index (χ4v) is 3.05. The van der Waals surface area contributed by atoms with Crippen LogP contribution in [0.2, 0.25) is 0 Å². The molecule has 4 rings (SSSR count). The zero-order chi connectivity index (χ0) is 17.9. The maximum absolute atomic E-state index is 9.18. The van der Waals surface area contributed by atoms with Crippen molar-refractivity contribution >= 4 is 16.6 Å². The molecule has 0 spiro atoms. The first-order chi connectivity index (χ1) is 12.8. The molecule has 5 heteroatoms. The minimum Gasteiger partial charge on any atom is -0.381 e. The molecule has 0 aliphatic carbocycles. The maximum Gasteiger partial charge on any atom is 0.100 e. The molecule has 0 aliphatic heterocycles. The number of anilines is 1. The number of nitrogens with zero attached hydrogens (tertiary/aromatic N) is 3. The molecular weight excluding hydrogens is 322 g/mol. The summed E-state index contributed by atoms with van der Waals surface area (Å²) in [5, 5.41) is 21.2. The molecule has 0 saturated heterocycles. The fraction of sp³-hybridized carbons (Fsp3) is 0.0952. The van der Waals surface area contributed by atoms with Crippen LogP contribution >= 0.6 is 0 Å². The second kappa shape index (κ2) is 6.69. The molecular formula is C21H17N5. The van der Waals surface area contributed by atoms with Gasteiger partial charge in [-0.1, -0.05) is 12.1 Å². The number of nitrogens with one attached hydrogen (secondary N) is 2. The van der Waals surface area contributed by atoms with Gasteiger partial charge in [-0.05, 0) is 54.4 Å². The lowest BCUT2D eigenvalue weighted by molar-refractivity contribution is 1.11. The molecule has 0 bridgehead atoms. The Hall–Kier alpha value is -3.65. The molecule has 4 aromatic rings. The molecule has 0 fully saturated rings. The first-order valence-electron chi connectivity index (χ1n) is 8.37. The molecule has 0 saturated carbocycles. The van der Waals surface area contributed by atoms with Crippen LogP contribution < -0.4 is 5.32 Å². The van der Waals surface area contributed by atoms with Crippen molar-refractivity contribution in [3.63, 3.8) is 0 Å². The maximum atomic E-state index is 9.18. The van der Waals surface area contributed by atoms with Crippen molar-refractivity contribution in [3.05, 3.63) is 77.6 Å². The SMILES string of the molecule is Cc1c(C#N)cccc1CNc1ccc2[nH]nc(-c3ccncc3)c2c1. The van der Waals surface area contributed by atoms with E-state index in [0.29, 0.717) is 6.54 Å². The highest BCUT2D eigenvalue weighted by Gasteiger charge is 2.09. The molecule has 0 unspecified atom stereocenters. The Morgan fingerprint density at radius 2 is 1.96 bits per heavy atom. The van der Waals surface area contributed by atoms with E-state index in [0.717, 1.165) is 44.5 Å². The lowest BCUT2D eigenvalue weighted by Gasteiger charge is -2.10. The average Bonchev–Trinajstić information content (AvgIpc) is 3.11. The standard InChI is InChI=1S/C21H17N5/c1-14-16(12-22)3-2-4-17(14)13-24-18-5-6-20-19(11-18)21(26-25-20)15-7-9-23-10-8-15/h2-11,24H,13H2,1H3,(H,25,26). The molecule has 0 aliphatic rings. The second-order valence-electron chi connectivity index (χ2n) is 6.12. The van der Waals surface area contributed by atoms with Crippen molar-refractivity contribution < 1.29 is 0 Å². The number of hydrogen-bond donors (Lipinski definition) is 2. The molecule has 5 nitrogen and oxygen atoms in total. The zero-order valence-corrected chi connectivity index (χ0v) is 14.3. The van der Waals surface area contributed by atoms with E-state index in [1.165, 1.54) is 0 Å². The van der Waals surface area contributed by atoms with Gasteiger partial charge < -0.3 is 5.32 Å². The summed E-state index contributed by atoms with van der Waals surface area (Å²) in [7, 11) is 0. The normalized spacial score (nSPS) is 10.6. The van der Waals surface area contributed by atoms with E-state index in [9.17, 15) is 5.26 Å². The van der Waals surface area contributed by atoms with Gasteiger partial charge in [-0.25, -0.2) is 0 Å². The topological polar surface area (TPSA) is 77.4 Å². The van der Waals surface area contributed by atoms with Gasteiger partial charge in [0.2, 0.25) is 0 Å². The molecule has 2 aromatic carbocycles. The third-order valence-corrected chi connectivity index (χ3v) is 4.57. The Balaban J connectivity index is 1.63. The van der Waals surface area contributed by atoms with Gasteiger partial charge in [0.05, 0.1) is 17.1 Å². The van der Waals surface area contributed by atoms with Gasteiger partial charge in [-0.2, -0.15) is 10.4 Å². The van der Waals surface area contributed by atoms with Gasteiger partial charge in [0.1, 0.15) is 5.69 Å². The Morgan fingerprint density at radius 1 is 1.12 bits per heavy atom. The summed E-state index contributed by atoms with van der Waals surface area (Å²) in [4.78, 5) is 4.06. The highest BCUT2D eigenvalue weighted by Crippen LogP contribution is 2.28. The Bertz CT molecular complexity index is 1110. The molecule has 2 heterocycles. The van der Waals surface area contributed by atoms with Crippen molar-refractivity contribution in [3.8, 4) is 17.3 Å². The van der Waals surface area contributed by atoms with Crippen LogP contribution in [-0.2, 0) is 6.54 Å². The summed E-state index contributed by atoms with van der Waals surface area (Å²) in [5.41, 5.74) is 6.79. The highest BCUT2D eigenvalue weighted by molar-refractivity contribution is 5.94. The van der Waals surface area contributed by atoms with Crippen LogP contribution in [0.1, 0.15) is 16.7 Å². The average molecular weight is 339 g/mol. The molecule has 2 N–H and O–H groups in total. The smallest absolute Gasteiger partial charge is 0.100 e. The number of pyridine rings is 1. The van der Waals surface area contributed by atoms with Gasteiger partial charge >= 0.3 is 0 Å². The molecule has 0 atom stereocenters. The first-order valence-corrected chi connectivity index (χ1v) is 8.37. The predicted molar refractivity (Wildman–Crippen MR) is 103 cm³/mol. The minimum absolute atomic E-state index is 0.662. The van der Waals surface area contributed by atoms with Crippen molar-refractivity contribution in [2.75, 3.05) is 5.32 Å². The van der Waals surface area contributed by atoms with Crippen LogP contribution in [0.25, 0.3) is 22.2 Å². The number of fused-ring (bicyclic) bond motifs is 1. The lowest BCUT2D eigenvalue weighted by atomic mass is 10.0. The minimum atomic E-state index is 0.662. The van der Waals surface area contributed by atoms with Crippen LogP contribution in [0.15, 0.2) is 60.9 Å². The summed E-state index contributed by atoms with van der Waals surface area (Å²) < 4.78 is 0. The van der Waals surface area contributed by atoms with Crippen LogP contribution in [-0.4, -0.2) is 15.2 Å². The Kier molecular flexibility index (Phi) is 4.08. The fourth-order valence-electron chi connectivity index (χ4n) is 3.05. The van der Waals surface area contributed by atoms with E-state index in [1.54, 1.807) is 12.4 Å². The van der Waals surface area contributed by atoms with Crippen LogP contribution in [0, 0.1) is 18.3 Å². The Morgan fingerprint density at radius 3 is 2.77 bits per heavy atom. The van der Waals surface area contributed by atoms with Gasteiger partial charge in [-0.3, -0.25) is 10.1 Å². The second-order valence-corrected chi connectivity index (χ2v) is 6.12. The summed E-state index contributed by atoms with van der Waals surface area (Å²) in [6, 6.07) is 18.1. The van der Waals surface area contributed by atoms with Crippen LogP contribution in [0.3, 0.4) is 0 Å². The van der Waals surface area contributed by atoms with E-state index in [-0.39, 0.29) is 0 Å². The van der Waals surface area contributed by atoms with Crippen molar-refractivity contribution in [1.82, 2.24) is 15.2 Å². The molecule has 2 aromatic heterocycles. The van der Waals surface area contributed by atoms with Gasteiger partial charge in [0, 0.05) is 35.6 Å². The molecule has 126 valence electrons. The van der Waals surface area contributed by atoms with Crippen molar-refractivity contribution in [2.45, 2.75) is 13.5 Å². The van der Waals surface area contributed by atoms with E-state index < -0.39 is 0 Å².